The van der Waals surface area contributed by atoms with Gasteiger partial charge in [0.25, 0.3) is 0 Å². The first kappa shape index (κ1) is 9.47. The summed E-state index contributed by atoms with van der Waals surface area (Å²) in [6.45, 7) is 1.05. The lowest BCUT2D eigenvalue weighted by molar-refractivity contribution is -0.137. The molecule has 0 radical (unpaired) electrons. The number of esters is 1. The predicted molar refractivity (Wildman–Crippen MR) is 42.0 cm³/mol. The summed E-state index contributed by atoms with van der Waals surface area (Å²) < 4.78 is 28.0. The molecule has 0 atom stereocenters. The van der Waals surface area contributed by atoms with Gasteiger partial charge in [-0.2, -0.15) is 0 Å². The van der Waals surface area contributed by atoms with Gasteiger partial charge in [0, 0.05) is 13.1 Å². The number of nitrogens with zero attached hydrogens (tertiary/aromatic N) is 1. The second-order valence-electron chi connectivity index (χ2n) is 2.58. The van der Waals surface area contributed by atoms with Crippen LogP contribution >= 0.6 is 0 Å². The van der Waals surface area contributed by atoms with Crippen molar-refractivity contribution in [3.05, 3.63) is 0 Å². The van der Waals surface area contributed by atoms with Gasteiger partial charge in [0.2, 0.25) is 10.0 Å². The maximum atomic E-state index is 11.2. The highest BCUT2D eigenvalue weighted by molar-refractivity contribution is 7.89. The van der Waals surface area contributed by atoms with E-state index in [-0.39, 0.29) is 0 Å². The second kappa shape index (κ2) is 3.40. The van der Waals surface area contributed by atoms with Crippen molar-refractivity contribution in [2.24, 2.45) is 0 Å². The molecule has 0 amide bonds. The molecule has 1 aliphatic heterocycles. The highest BCUT2D eigenvalue weighted by atomic mass is 32.2. The molecule has 1 fully saturated rings. The third-order valence-electron chi connectivity index (χ3n) is 1.74. The lowest BCUT2D eigenvalue weighted by Gasteiger charge is -2.29. The molecule has 5 nitrogen and oxygen atoms in total. The molecule has 0 unspecified atom stereocenters. The van der Waals surface area contributed by atoms with Gasteiger partial charge in [0.05, 0.1) is 7.11 Å². The summed E-state index contributed by atoms with van der Waals surface area (Å²) in [4.78, 5) is 10.6. The summed E-state index contributed by atoms with van der Waals surface area (Å²) in [5.41, 5.74) is 0. The fourth-order valence-corrected chi connectivity index (χ4v) is 2.28. The average Bonchev–Trinajstić information content (AvgIpc) is 1.80. The van der Waals surface area contributed by atoms with Crippen LogP contribution in [0.1, 0.15) is 6.42 Å². The molecule has 70 valence electrons. The first-order chi connectivity index (χ1) is 5.56. The SMILES string of the molecule is COC(=O)CS(=O)(=O)N1CCC1. The Morgan fingerprint density at radius 3 is 2.42 bits per heavy atom. The Morgan fingerprint density at radius 1 is 1.50 bits per heavy atom. The van der Waals surface area contributed by atoms with Crippen LogP contribution in [0, 0.1) is 0 Å². The van der Waals surface area contributed by atoms with Crippen molar-refractivity contribution in [2.75, 3.05) is 26.0 Å². The van der Waals surface area contributed by atoms with E-state index in [0.717, 1.165) is 6.42 Å². The quantitative estimate of drug-likeness (QED) is 0.550. The summed E-state index contributed by atoms with van der Waals surface area (Å²) in [5.74, 6) is -1.24. The number of rotatable bonds is 3. The van der Waals surface area contributed by atoms with E-state index in [0.29, 0.717) is 13.1 Å². The van der Waals surface area contributed by atoms with Gasteiger partial charge in [-0.1, -0.05) is 0 Å². The highest BCUT2D eigenvalue weighted by Gasteiger charge is 2.29. The standard InChI is InChI=1S/C6H11NO4S/c1-11-6(8)5-12(9,10)7-3-2-4-7/h2-5H2,1H3. The van der Waals surface area contributed by atoms with E-state index in [2.05, 4.69) is 4.74 Å². The van der Waals surface area contributed by atoms with Gasteiger partial charge >= 0.3 is 5.97 Å². The molecule has 12 heavy (non-hydrogen) atoms. The lowest BCUT2D eigenvalue weighted by Crippen LogP contribution is -2.44. The summed E-state index contributed by atoms with van der Waals surface area (Å²) >= 11 is 0. The normalized spacial score (nSPS) is 18.4. The molecule has 6 heteroatoms. The molecule has 1 heterocycles. The topological polar surface area (TPSA) is 63.7 Å². The average molecular weight is 193 g/mol. The molecule has 1 saturated heterocycles. The van der Waals surface area contributed by atoms with E-state index in [1.807, 2.05) is 0 Å². The maximum absolute atomic E-state index is 11.2. The summed E-state index contributed by atoms with van der Waals surface area (Å²) in [6, 6.07) is 0. The Bertz CT molecular complexity index is 267. The number of carbonyl (C=O) groups is 1. The minimum atomic E-state index is -3.38. The van der Waals surface area contributed by atoms with Gasteiger partial charge in [-0.3, -0.25) is 4.79 Å². The van der Waals surface area contributed by atoms with Crippen molar-refractivity contribution in [3.8, 4) is 0 Å². The van der Waals surface area contributed by atoms with Crippen molar-refractivity contribution >= 4 is 16.0 Å². The molecule has 0 aromatic heterocycles. The molecule has 1 aliphatic rings. The van der Waals surface area contributed by atoms with Crippen LogP contribution < -0.4 is 0 Å². The van der Waals surface area contributed by atoms with Gasteiger partial charge in [0.15, 0.2) is 5.75 Å². The van der Waals surface area contributed by atoms with E-state index < -0.39 is 21.7 Å². The molecule has 1 rings (SSSR count). The second-order valence-corrected chi connectivity index (χ2v) is 4.55. The third-order valence-corrected chi connectivity index (χ3v) is 3.49. The zero-order valence-corrected chi connectivity index (χ0v) is 7.63. The summed E-state index contributed by atoms with van der Waals surface area (Å²) in [5, 5.41) is 0. The van der Waals surface area contributed by atoms with Crippen molar-refractivity contribution in [2.45, 2.75) is 6.42 Å². The number of methoxy groups -OCH3 is 1. The van der Waals surface area contributed by atoms with Crippen molar-refractivity contribution in [3.63, 3.8) is 0 Å². The van der Waals surface area contributed by atoms with Crippen LogP contribution in [0.3, 0.4) is 0 Å². The van der Waals surface area contributed by atoms with Crippen molar-refractivity contribution in [1.29, 1.82) is 0 Å². The zero-order valence-electron chi connectivity index (χ0n) is 6.82. The molecule has 0 aromatic carbocycles. The maximum Gasteiger partial charge on any atom is 0.322 e. The Hall–Kier alpha value is -0.620. The zero-order chi connectivity index (χ0) is 9.19. The number of ether oxygens (including phenoxy) is 1. The number of hydrogen-bond donors (Lipinski definition) is 0. The van der Waals surface area contributed by atoms with Crippen molar-refractivity contribution < 1.29 is 17.9 Å². The Labute approximate surface area is 71.4 Å². The van der Waals surface area contributed by atoms with Crippen LogP contribution in [0.2, 0.25) is 0 Å². The molecular formula is C6H11NO4S. The van der Waals surface area contributed by atoms with Crippen LogP contribution in [0.15, 0.2) is 0 Å². The minimum Gasteiger partial charge on any atom is -0.468 e. The number of carbonyl (C=O) groups excluding carboxylic acids is 1. The molecule has 0 aromatic rings. The van der Waals surface area contributed by atoms with Crippen molar-refractivity contribution in [1.82, 2.24) is 4.31 Å². The Balaban J connectivity index is 2.54. The van der Waals surface area contributed by atoms with Gasteiger partial charge in [-0.25, -0.2) is 12.7 Å². The Morgan fingerprint density at radius 2 is 2.08 bits per heavy atom. The molecule has 0 spiro atoms. The van der Waals surface area contributed by atoms with Crippen LogP contribution in [0.5, 0.6) is 0 Å². The summed E-state index contributed by atoms with van der Waals surface area (Å²) in [6.07, 6.45) is 0.875. The summed E-state index contributed by atoms with van der Waals surface area (Å²) in [7, 11) is -2.20. The highest BCUT2D eigenvalue weighted by Crippen LogP contribution is 2.12. The third kappa shape index (κ3) is 1.95. The van der Waals surface area contributed by atoms with E-state index in [1.165, 1.54) is 11.4 Å². The fourth-order valence-electron chi connectivity index (χ4n) is 0.865. The van der Waals surface area contributed by atoms with Crippen LogP contribution in [-0.2, 0) is 19.6 Å². The molecule has 0 saturated carbocycles. The van der Waals surface area contributed by atoms with E-state index in [1.54, 1.807) is 0 Å². The van der Waals surface area contributed by atoms with Crippen LogP contribution in [0.25, 0.3) is 0 Å². The van der Waals surface area contributed by atoms with Crippen LogP contribution in [0.4, 0.5) is 0 Å². The van der Waals surface area contributed by atoms with Gasteiger partial charge in [-0.15, -0.1) is 0 Å². The number of hydrogen-bond acceptors (Lipinski definition) is 4. The van der Waals surface area contributed by atoms with Crippen LogP contribution in [-0.4, -0.2) is 44.6 Å². The Kier molecular flexibility index (Phi) is 2.69. The van der Waals surface area contributed by atoms with E-state index >= 15 is 0 Å². The molecule has 0 bridgehead atoms. The largest absolute Gasteiger partial charge is 0.468 e. The smallest absolute Gasteiger partial charge is 0.322 e. The molecular weight excluding hydrogens is 182 g/mol. The first-order valence-electron chi connectivity index (χ1n) is 3.61. The molecule has 0 aliphatic carbocycles. The first-order valence-corrected chi connectivity index (χ1v) is 5.22. The predicted octanol–water partition coefficient (Wildman–Crippen LogP) is -0.805. The van der Waals surface area contributed by atoms with Gasteiger partial charge in [-0.05, 0) is 6.42 Å². The van der Waals surface area contributed by atoms with E-state index in [9.17, 15) is 13.2 Å². The lowest BCUT2D eigenvalue weighted by atomic mass is 10.3. The van der Waals surface area contributed by atoms with Gasteiger partial charge in [0.1, 0.15) is 0 Å². The monoisotopic (exact) mass is 193 g/mol. The van der Waals surface area contributed by atoms with E-state index in [4.69, 9.17) is 0 Å². The van der Waals surface area contributed by atoms with Gasteiger partial charge < -0.3 is 4.74 Å². The fraction of sp³-hybridized carbons (Fsp3) is 0.833. The minimum absolute atomic E-state index is 0.527. The number of sulfonamides is 1. The molecule has 0 N–H and O–H groups in total.